The molecule has 2 aromatic rings. The van der Waals surface area contributed by atoms with Crippen molar-refractivity contribution in [3.8, 4) is 11.5 Å². The van der Waals surface area contributed by atoms with Gasteiger partial charge in [-0.25, -0.2) is 4.39 Å². The summed E-state index contributed by atoms with van der Waals surface area (Å²) >= 11 is 3.45. The van der Waals surface area contributed by atoms with E-state index in [2.05, 4.69) is 42.0 Å². The second-order valence-electron chi connectivity index (χ2n) is 5.91. The monoisotopic (exact) mass is 351 g/mol. The topological polar surface area (TPSA) is 21.3 Å². The SMILES string of the molecule is CC(C)(C)NCc1ccc(Br)cc1Oc1ccc(F)cc1. The van der Waals surface area contributed by atoms with E-state index < -0.39 is 0 Å². The van der Waals surface area contributed by atoms with Crippen molar-refractivity contribution in [1.82, 2.24) is 5.32 Å². The minimum Gasteiger partial charge on any atom is -0.457 e. The van der Waals surface area contributed by atoms with E-state index in [1.807, 2.05) is 18.2 Å². The van der Waals surface area contributed by atoms with Crippen molar-refractivity contribution in [2.24, 2.45) is 0 Å². The molecule has 0 saturated heterocycles. The van der Waals surface area contributed by atoms with Crippen LogP contribution in [0.5, 0.6) is 11.5 Å². The Balaban J connectivity index is 2.20. The van der Waals surface area contributed by atoms with Crippen molar-refractivity contribution in [2.75, 3.05) is 0 Å². The summed E-state index contributed by atoms with van der Waals surface area (Å²) in [7, 11) is 0. The first kappa shape index (κ1) is 16.0. The van der Waals surface area contributed by atoms with E-state index >= 15 is 0 Å². The molecule has 112 valence electrons. The van der Waals surface area contributed by atoms with E-state index in [4.69, 9.17) is 4.74 Å². The minimum atomic E-state index is -0.272. The van der Waals surface area contributed by atoms with Gasteiger partial charge in [0, 0.05) is 22.1 Å². The second kappa shape index (κ2) is 6.58. The maximum Gasteiger partial charge on any atom is 0.133 e. The van der Waals surface area contributed by atoms with Crippen LogP contribution in [0.15, 0.2) is 46.9 Å². The third-order valence-electron chi connectivity index (χ3n) is 2.88. The molecule has 4 heteroatoms. The number of ether oxygens (including phenoxy) is 1. The Labute approximate surface area is 133 Å². The maximum atomic E-state index is 12.9. The number of benzene rings is 2. The molecular weight excluding hydrogens is 333 g/mol. The molecule has 0 aliphatic rings. The van der Waals surface area contributed by atoms with Gasteiger partial charge in [0.05, 0.1) is 0 Å². The van der Waals surface area contributed by atoms with E-state index in [9.17, 15) is 4.39 Å². The van der Waals surface area contributed by atoms with E-state index in [0.29, 0.717) is 12.3 Å². The Kier molecular flexibility index (Phi) is 5.01. The van der Waals surface area contributed by atoms with Crippen LogP contribution >= 0.6 is 15.9 Å². The van der Waals surface area contributed by atoms with Gasteiger partial charge >= 0.3 is 0 Å². The molecule has 21 heavy (non-hydrogen) atoms. The first-order chi connectivity index (χ1) is 9.83. The molecule has 0 spiro atoms. The molecule has 0 unspecified atom stereocenters. The summed E-state index contributed by atoms with van der Waals surface area (Å²) in [4.78, 5) is 0. The Morgan fingerprint density at radius 3 is 2.38 bits per heavy atom. The lowest BCUT2D eigenvalue weighted by Crippen LogP contribution is -2.35. The summed E-state index contributed by atoms with van der Waals surface area (Å²) in [6.07, 6.45) is 0. The molecule has 0 radical (unpaired) electrons. The zero-order valence-corrected chi connectivity index (χ0v) is 14.0. The quantitative estimate of drug-likeness (QED) is 0.810. The molecular formula is C17H19BrFNO. The standard InChI is InChI=1S/C17H19BrFNO/c1-17(2,3)20-11-12-4-5-13(18)10-16(12)21-15-8-6-14(19)7-9-15/h4-10,20H,11H2,1-3H3. The number of halogens is 2. The molecule has 0 saturated carbocycles. The van der Waals surface area contributed by atoms with Crippen molar-refractivity contribution in [2.45, 2.75) is 32.9 Å². The lowest BCUT2D eigenvalue weighted by Gasteiger charge is -2.21. The highest BCUT2D eigenvalue weighted by atomic mass is 79.9. The van der Waals surface area contributed by atoms with Crippen LogP contribution in [-0.2, 0) is 6.54 Å². The fourth-order valence-corrected chi connectivity index (χ4v) is 2.10. The third kappa shape index (κ3) is 5.14. The summed E-state index contributed by atoms with van der Waals surface area (Å²) in [6, 6.07) is 11.9. The van der Waals surface area contributed by atoms with Crippen LogP contribution in [0.25, 0.3) is 0 Å². The van der Waals surface area contributed by atoms with Crippen LogP contribution < -0.4 is 10.1 Å². The summed E-state index contributed by atoms with van der Waals surface area (Å²) in [5.41, 5.74) is 1.08. The lowest BCUT2D eigenvalue weighted by atomic mass is 10.1. The predicted molar refractivity (Wildman–Crippen MR) is 87.2 cm³/mol. The fraction of sp³-hybridized carbons (Fsp3) is 0.294. The summed E-state index contributed by atoms with van der Waals surface area (Å²) in [5, 5.41) is 3.44. The fourth-order valence-electron chi connectivity index (χ4n) is 1.76. The molecule has 2 rings (SSSR count). The number of nitrogens with one attached hydrogen (secondary N) is 1. The van der Waals surface area contributed by atoms with Gasteiger partial charge in [-0.05, 0) is 57.2 Å². The molecule has 0 aliphatic carbocycles. The second-order valence-corrected chi connectivity index (χ2v) is 6.83. The summed E-state index contributed by atoms with van der Waals surface area (Å²) in [5.74, 6) is 1.10. The maximum absolute atomic E-state index is 12.9. The smallest absolute Gasteiger partial charge is 0.133 e. The van der Waals surface area contributed by atoms with Crippen LogP contribution in [0.4, 0.5) is 4.39 Å². The molecule has 0 aliphatic heterocycles. The number of rotatable bonds is 4. The van der Waals surface area contributed by atoms with Gasteiger partial charge in [0.2, 0.25) is 0 Å². The van der Waals surface area contributed by atoms with Crippen molar-refractivity contribution in [3.63, 3.8) is 0 Å². The van der Waals surface area contributed by atoms with Gasteiger partial charge in [-0.15, -0.1) is 0 Å². The van der Waals surface area contributed by atoms with E-state index in [1.54, 1.807) is 12.1 Å². The van der Waals surface area contributed by atoms with Crippen LogP contribution in [0.1, 0.15) is 26.3 Å². The van der Waals surface area contributed by atoms with Crippen molar-refractivity contribution >= 4 is 15.9 Å². The summed E-state index contributed by atoms with van der Waals surface area (Å²) in [6.45, 7) is 7.05. The first-order valence-electron chi connectivity index (χ1n) is 6.80. The van der Waals surface area contributed by atoms with Gasteiger partial charge in [0.25, 0.3) is 0 Å². The molecule has 0 atom stereocenters. The molecule has 0 fully saturated rings. The van der Waals surface area contributed by atoms with Crippen LogP contribution in [0.2, 0.25) is 0 Å². The highest BCUT2D eigenvalue weighted by Crippen LogP contribution is 2.29. The van der Waals surface area contributed by atoms with Crippen molar-refractivity contribution in [3.05, 3.63) is 58.3 Å². The molecule has 2 aromatic carbocycles. The Morgan fingerprint density at radius 2 is 1.76 bits per heavy atom. The van der Waals surface area contributed by atoms with Gasteiger partial charge in [0.15, 0.2) is 0 Å². The highest BCUT2D eigenvalue weighted by Gasteiger charge is 2.12. The first-order valence-corrected chi connectivity index (χ1v) is 7.60. The van der Waals surface area contributed by atoms with Gasteiger partial charge in [0.1, 0.15) is 17.3 Å². The Bertz CT molecular complexity index is 605. The lowest BCUT2D eigenvalue weighted by molar-refractivity contribution is 0.414. The third-order valence-corrected chi connectivity index (χ3v) is 3.37. The Morgan fingerprint density at radius 1 is 1.10 bits per heavy atom. The normalized spacial score (nSPS) is 11.5. The summed E-state index contributed by atoms with van der Waals surface area (Å²) < 4.78 is 19.8. The largest absolute Gasteiger partial charge is 0.457 e. The molecule has 1 N–H and O–H groups in total. The zero-order chi connectivity index (χ0) is 15.5. The van der Waals surface area contributed by atoms with E-state index in [0.717, 1.165) is 15.8 Å². The average molecular weight is 352 g/mol. The number of hydrogen-bond acceptors (Lipinski definition) is 2. The number of hydrogen-bond donors (Lipinski definition) is 1. The van der Waals surface area contributed by atoms with Crippen molar-refractivity contribution in [1.29, 1.82) is 0 Å². The van der Waals surface area contributed by atoms with Crippen LogP contribution in [0, 0.1) is 5.82 Å². The van der Waals surface area contributed by atoms with Gasteiger partial charge in [-0.2, -0.15) is 0 Å². The minimum absolute atomic E-state index is 0.0280. The molecule has 0 bridgehead atoms. The van der Waals surface area contributed by atoms with Crippen LogP contribution in [-0.4, -0.2) is 5.54 Å². The molecule has 2 nitrogen and oxygen atoms in total. The van der Waals surface area contributed by atoms with E-state index in [-0.39, 0.29) is 11.4 Å². The van der Waals surface area contributed by atoms with Crippen LogP contribution in [0.3, 0.4) is 0 Å². The van der Waals surface area contributed by atoms with Crippen molar-refractivity contribution < 1.29 is 9.13 Å². The zero-order valence-electron chi connectivity index (χ0n) is 12.4. The molecule has 0 amide bonds. The molecule has 0 heterocycles. The van der Waals surface area contributed by atoms with Gasteiger partial charge < -0.3 is 10.1 Å². The average Bonchev–Trinajstić information content (AvgIpc) is 2.39. The Hall–Kier alpha value is -1.39. The van der Waals surface area contributed by atoms with Gasteiger partial charge in [-0.1, -0.05) is 22.0 Å². The van der Waals surface area contributed by atoms with Gasteiger partial charge in [-0.3, -0.25) is 0 Å². The molecule has 0 aromatic heterocycles. The predicted octanol–water partition coefficient (Wildman–Crippen LogP) is 5.27. The van der Waals surface area contributed by atoms with E-state index in [1.165, 1.54) is 12.1 Å². The highest BCUT2D eigenvalue weighted by molar-refractivity contribution is 9.10.